The van der Waals surface area contributed by atoms with Crippen LogP contribution in [0.25, 0.3) is 0 Å². The molecular weight excluding hydrogens is 184 g/mol. The van der Waals surface area contributed by atoms with Crippen LogP contribution in [0.4, 0.5) is 0 Å². The Morgan fingerprint density at radius 1 is 1.00 bits per heavy atom. The molecule has 1 heteroatoms. The maximum Gasteiger partial charge on any atom is 0.132 e. The molecule has 92 valence electrons. The van der Waals surface area contributed by atoms with Crippen molar-refractivity contribution in [3.8, 4) is 0 Å². The Labute approximate surface area is 96.7 Å². The van der Waals surface area contributed by atoms with Gasteiger partial charge in [0.1, 0.15) is 5.78 Å². The number of hydrogen-bond donors (Lipinski definition) is 0. The van der Waals surface area contributed by atoms with Gasteiger partial charge in [-0.1, -0.05) is 53.9 Å². The molecule has 0 aliphatic heterocycles. The Morgan fingerprint density at radius 3 is 1.73 bits per heavy atom. The van der Waals surface area contributed by atoms with Gasteiger partial charge in [-0.2, -0.15) is 0 Å². The van der Waals surface area contributed by atoms with Crippen LogP contribution in [-0.4, -0.2) is 5.78 Å². The molecule has 1 fully saturated rings. The predicted octanol–water partition coefficient (Wildman–Crippen LogP) is 4.84. The molecule has 15 heavy (non-hydrogen) atoms. The lowest BCUT2D eigenvalue weighted by molar-refractivity contribution is -0.122. The zero-order valence-corrected chi connectivity index (χ0v) is 11.6. The monoisotopic (exact) mass is 214 g/mol. The normalized spacial score (nSPS) is 17.7. The Bertz CT molecular complexity index is 134. The summed E-state index contributed by atoms with van der Waals surface area (Å²) in [5.74, 6) is 1.38. The lowest BCUT2D eigenvalue weighted by Gasteiger charge is -2.25. The van der Waals surface area contributed by atoms with Crippen molar-refractivity contribution >= 4 is 5.78 Å². The van der Waals surface area contributed by atoms with Crippen molar-refractivity contribution in [1.82, 2.24) is 0 Å². The second kappa shape index (κ2) is 11.7. The number of carbonyl (C=O) groups excluding carboxylic acids is 1. The summed E-state index contributed by atoms with van der Waals surface area (Å²) in [6, 6.07) is 0. The minimum absolute atomic E-state index is 0.315. The van der Waals surface area contributed by atoms with Crippen LogP contribution in [0, 0.1) is 11.8 Å². The van der Waals surface area contributed by atoms with Crippen molar-refractivity contribution in [2.24, 2.45) is 11.8 Å². The molecule has 1 aliphatic carbocycles. The summed E-state index contributed by atoms with van der Waals surface area (Å²) < 4.78 is 0. The first-order valence-electron chi connectivity index (χ1n) is 6.72. The molecule has 0 amide bonds. The fourth-order valence-electron chi connectivity index (χ4n) is 1.97. The van der Waals surface area contributed by atoms with Crippen LogP contribution in [0.15, 0.2) is 0 Å². The molecule has 0 bridgehead atoms. The number of Topliss-reactive ketones (excluding diaryl/α,β-unsaturated/α-hetero) is 1. The maximum absolute atomic E-state index is 11.0. The van der Waals surface area contributed by atoms with E-state index in [0.29, 0.717) is 17.6 Å². The lowest BCUT2D eigenvalue weighted by Crippen LogP contribution is -2.20. The first kappa shape index (κ1) is 17.1. The number of hydrogen-bond acceptors (Lipinski definition) is 1. The average Bonchev–Trinajstić information content (AvgIpc) is 2.34. The van der Waals surface area contributed by atoms with Crippen molar-refractivity contribution in [2.75, 3.05) is 0 Å². The number of rotatable bonds is 2. The molecule has 1 aliphatic rings. The smallest absolute Gasteiger partial charge is 0.132 e. The van der Waals surface area contributed by atoms with Crippen molar-refractivity contribution in [3.63, 3.8) is 0 Å². The molecule has 0 heterocycles. The molecule has 1 nitrogen and oxygen atoms in total. The first-order chi connectivity index (χ1) is 7.22. The third kappa shape index (κ3) is 7.58. The molecule has 0 unspecified atom stereocenters. The molecular formula is C14H30O. The highest BCUT2D eigenvalue weighted by Crippen LogP contribution is 2.29. The van der Waals surface area contributed by atoms with Gasteiger partial charge in [0.25, 0.3) is 0 Å². The Hall–Kier alpha value is -0.330. The van der Waals surface area contributed by atoms with E-state index in [1.165, 1.54) is 32.1 Å². The van der Waals surface area contributed by atoms with E-state index in [4.69, 9.17) is 0 Å². The third-order valence-corrected chi connectivity index (χ3v) is 3.00. The highest BCUT2D eigenvalue weighted by molar-refractivity contribution is 5.78. The second-order valence-electron chi connectivity index (χ2n) is 3.80. The highest BCUT2D eigenvalue weighted by Gasteiger charge is 2.22. The van der Waals surface area contributed by atoms with E-state index in [1.807, 2.05) is 27.7 Å². The van der Waals surface area contributed by atoms with Crippen molar-refractivity contribution in [2.45, 2.75) is 73.6 Å². The van der Waals surface area contributed by atoms with Gasteiger partial charge >= 0.3 is 0 Å². The van der Waals surface area contributed by atoms with Crippen LogP contribution in [0.2, 0.25) is 0 Å². The number of carbonyl (C=O) groups is 1. The van der Waals surface area contributed by atoms with Gasteiger partial charge in [-0.05, 0) is 25.7 Å². The van der Waals surface area contributed by atoms with Gasteiger partial charge in [-0.25, -0.2) is 0 Å². The quantitative estimate of drug-likeness (QED) is 0.642. The largest absolute Gasteiger partial charge is 0.300 e. The fourth-order valence-corrected chi connectivity index (χ4v) is 1.97. The third-order valence-electron chi connectivity index (χ3n) is 3.00. The highest BCUT2D eigenvalue weighted by atomic mass is 16.1. The van der Waals surface area contributed by atoms with E-state index < -0.39 is 0 Å². The Balaban J connectivity index is 0. The van der Waals surface area contributed by atoms with Gasteiger partial charge in [0.05, 0.1) is 0 Å². The van der Waals surface area contributed by atoms with Gasteiger partial charge in [0.15, 0.2) is 0 Å². The van der Waals surface area contributed by atoms with E-state index in [2.05, 4.69) is 6.92 Å². The Kier molecular flexibility index (Phi) is 13.4. The molecule has 1 atom stereocenters. The van der Waals surface area contributed by atoms with Gasteiger partial charge in [0, 0.05) is 5.92 Å². The fraction of sp³-hybridized carbons (Fsp3) is 0.929. The standard InChI is InChI=1S/C10H18O.2C2H6/c1-8(9(2)11)10-6-4-3-5-7-10;2*1-2/h8,10H,3-7H2,1-2H3;2*1-2H3/t8-;;/m1../s1. The molecule has 0 saturated heterocycles. The van der Waals surface area contributed by atoms with Gasteiger partial charge < -0.3 is 0 Å². The van der Waals surface area contributed by atoms with Crippen LogP contribution in [-0.2, 0) is 4.79 Å². The van der Waals surface area contributed by atoms with Gasteiger partial charge in [0.2, 0.25) is 0 Å². The topological polar surface area (TPSA) is 17.1 Å². The van der Waals surface area contributed by atoms with Crippen LogP contribution in [0.5, 0.6) is 0 Å². The van der Waals surface area contributed by atoms with E-state index in [1.54, 1.807) is 6.92 Å². The molecule has 1 rings (SSSR count). The number of ketones is 1. The van der Waals surface area contributed by atoms with E-state index >= 15 is 0 Å². The summed E-state index contributed by atoms with van der Waals surface area (Å²) in [7, 11) is 0. The minimum Gasteiger partial charge on any atom is -0.300 e. The summed E-state index contributed by atoms with van der Waals surface area (Å²) in [4.78, 5) is 11.0. The summed E-state index contributed by atoms with van der Waals surface area (Å²) in [6.45, 7) is 11.8. The summed E-state index contributed by atoms with van der Waals surface area (Å²) in [5.41, 5.74) is 0. The van der Waals surface area contributed by atoms with Crippen LogP contribution >= 0.6 is 0 Å². The van der Waals surface area contributed by atoms with Crippen LogP contribution < -0.4 is 0 Å². The van der Waals surface area contributed by atoms with Crippen LogP contribution in [0.3, 0.4) is 0 Å². The van der Waals surface area contributed by atoms with Crippen molar-refractivity contribution in [3.05, 3.63) is 0 Å². The van der Waals surface area contributed by atoms with Crippen molar-refractivity contribution in [1.29, 1.82) is 0 Å². The van der Waals surface area contributed by atoms with E-state index in [0.717, 1.165) is 0 Å². The molecule has 0 aromatic carbocycles. The summed E-state index contributed by atoms with van der Waals surface area (Å²) in [6.07, 6.45) is 6.60. The first-order valence-corrected chi connectivity index (χ1v) is 6.72. The van der Waals surface area contributed by atoms with Crippen molar-refractivity contribution < 1.29 is 4.79 Å². The molecule has 0 aromatic heterocycles. The predicted molar refractivity (Wildman–Crippen MR) is 69.1 cm³/mol. The summed E-state index contributed by atoms with van der Waals surface area (Å²) >= 11 is 0. The maximum atomic E-state index is 11.0. The molecule has 0 N–H and O–H groups in total. The minimum atomic E-state index is 0.315. The molecule has 1 saturated carbocycles. The molecule has 0 spiro atoms. The lowest BCUT2D eigenvalue weighted by atomic mass is 9.79. The SMILES string of the molecule is CC.CC.CC(=O)[C@@H](C)C1CCCCC1. The Morgan fingerprint density at radius 2 is 1.40 bits per heavy atom. The van der Waals surface area contributed by atoms with Crippen LogP contribution in [0.1, 0.15) is 73.6 Å². The second-order valence-corrected chi connectivity index (χ2v) is 3.80. The zero-order valence-electron chi connectivity index (χ0n) is 11.6. The summed E-state index contributed by atoms with van der Waals surface area (Å²) in [5, 5.41) is 0. The zero-order chi connectivity index (χ0) is 12.3. The molecule has 0 aromatic rings. The molecule has 0 radical (unpaired) electrons. The van der Waals surface area contributed by atoms with E-state index in [-0.39, 0.29) is 0 Å². The van der Waals surface area contributed by atoms with E-state index in [9.17, 15) is 4.79 Å². The average molecular weight is 214 g/mol. The van der Waals surface area contributed by atoms with Gasteiger partial charge in [-0.3, -0.25) is 4.79 Å². The van der Waals surface area contributed by atoms with Gasteiger partial charge in [-0.15, -0.1) is 0 Å².